The maximum atomic E-state index is 12.5. The highest BCUT2D eigenvalue weighted by molar-refractivity contribution is 9.10. The number of rotatable bonds is 5. The lowest BCUT2D eigenvalue weighted by Crippen LogP contribution is -2.64. The molecule has 2 aliphatic heterocycles. The molecule has 1 aromatic rings. The first-order valence-electron chi connectivity index (χ1n) is 10.4. The molecule has 0 aliphatic carbocycles. The molecule has 2 aliphatic rings. The number of hydrogen-bond acceptors (Lipinski definition) is 2. The fraction of sp³-hybridized carbons (Fsp3) is 0.682. The Kier molecular flexibility index (Phi) is 6.52. The Bertz CT molecular complexity index is 637. The van der Waals surface area contributed by atoms with Crippen molar-refractivity contribution in [2.75, 3.05) is 26.2 Å². The van der Waals surface area contributed by atoms with Gasteiger partial charge < -0.3 is 10.2 Å². The molecule has 2 heterocycles. The van der Waals surface area contributed by atoms with Gasteiger partial charge in [0.2, 0.25) is 0 Å². The zero-order chi connectivity index (χ0) is 19.6. The number of nitrogens with zero attached hydrogens (tertiary/aromatic N) is 2. The van der Waals surface area contributed by atoms with Crippen molar-refractivity contribution >= 4 is 22.0 Å². The van der Waals surface area contributed by atoms with Crippen molar-refractivity contribution in [1.29, 1.82) is 0 Å². The van der Waals surface area contributed by atoms with Gasteiger partial charge in [0.15, 0.2) is 0 Å². The van der Waals surface area contributed by atoms with Crippen molar-refractivity contribution < 1.29 is 4.79 Å². The first-order chi connectivity index (χ1) is 12.9. The van der Waals surface area contributed by atoms with Crippen molar-refractivity contribution in [2.45, 2.75) is 59.0 Å². The molecular weight excluding hydrogens is 402 g/mol. The van der Waals surface area contributed by atoms with Crippen LogP contribution in [0.2, 0.25) is 0 Å². The van der Waals surface area contributed by atoms with Gasteiger partial charge in [-0.25, -0.2) is 4.79 Å². The van der Waals surface area contributed by atoms with Gasteiger partial charge in [-0.3, -0.25) is 4.90 Å². The molecule has 0 saturated carbocycles. The van der Waals surface area contributed by atoms with Gasteiger partial charge in [0.05, 0.1) is 0 Å². The molecule has 27 heavy (non-hydrogen) atoms. The number of piperidine rings is 1. The lowest BCUT2D eigenvalue weighted by atomic mass is 9.62. The van der Waals surface area contributed by atoms with E-state index in [4.69, 9.17) is 0 Å². The Hall–Kier alpha value is -1.07. The Morgan fingerprint density at radius 2 is 1.85 bits per heavy atom. The summed E-state index contributed by atoms with van der Waals surface area (Å²) in [6.45, 7) is 12.6. The predicted octanol–water partition coefficient (Wildman–Crippen LogP) is 5.05. The summed E-state index contributed by atoms with van der Waals surface area (Å²) in [7, 11) is 0. The molecule has 4 nitrogen and oxygen atoms in total. The highest BCUT2D eigenvalue weighted by atomic mass is 79.9. The summed E-state index contributed by atoms with van der Waals surface area (Å²) in [5, 5.41) is 3.11. The van der Waals surface area contributed by atoms with E-state index in [0.29, 0.717) is 23.4 Å². The summed E-state index contributed by atoms with van der Waals surface area (Å²) in [5.41, 5.74) is 1.72. The molecule has 3 rings (SSSR count). The number of carbonyl (C=O) groups is 1. The fourth-order valence-electron chi connectivity index (χ4n) is 4.56. The van der Waals surface area contributed by atoms with Gasteiger partial charge in [-0.1, -0.05) is 48.3 Å². The molecule has 2 amide bonds. The van der Waals surface area contributed by atoms with Gasteiger partial charge in [-0.2, -0.15) is 0 Å². The maximum absolute atomic E-state index is 12.5. The summed E-state index contributed by atoms with van der Waals surface area (Å²) in [6.07, 6.45) is 3.28. The number of amides is 2. The topological polar surface area (TPSA) is 35.6 Å². The number of hydrogen-bond donors (Lipinski definition) is 1. The third-order valence-electron chi connectivity index (χ3n) is 6.60. The monoisotopic (exact) mass is 435 g/mol. The second-order valence-electron chi connectivity index (χ2n) is 8.77. The number of likely N-dealkylation sites (tertiary alicyclic amines) is 2. The van der Waals surface area contributed by atoms with Crippen LogP contribution in [0.3, 0.4) is 0 Å². The number of urea groups is 1. The molecule has 150 valence electrons. The molecule has 2 fully saturated rings. The zero-order valence-corrected chi connectivity index (χ0v) is 18.8. The summed E-state index contributed by atoms with van der Waals surface area (Å²) in [6, 6.07) is 9.95. The highest BCUT2D eigenvalue weighted by Crippen LogP contribution is 2.55. The van der Waals surface area contributed by atoms with Crippen LogP contribution in [-0.2, 0) is 0 Å². The van der Waals surface area contributed by atoms with E-state index in [1.165, 1.54) is 5.56 Å². The Labute approximate surface area is 172 Å². The number of benzene rings is 1. The van der Waals surface area contributed by atoms with E-state index >= 15 is 0 Å². The van der Waals surface area contributed by atoms with Crippen LogP contribution < -0.4 is 5.32 Å². The van der Waals surface area contributed by atoms with E-state index < -0.39 is 0 Å². The molecule has 5 heteroatoms. The first kappa shape index (κ1) is 20.7. The molecule has 1 unspecified atom stereocenters. The minimum Gasteiger partial charge on any atom is -0.338 e. The van der Waals surface area contributed by atoms with Gasteiger partial charge in [0.1, 0.15) is 0 Å². The minimum atomic E-state index is 0.116. The van der Waals surface area contributed by atoms with Crippen LogP contribution in [0.4, 0.5) is 4.79 Å². The first-order valence-corrected chi connectivity index (χ1v) is 11.2. The summed E-state index contributed by atoms with van der Waals surface area (Å²) in [5.74, 6) is 0.540. The minimum absolute atomic E-state index is 0.116. The molecule has 1 N–H and O–H groups in total. The lowest BCUT2D eigenvalue weighted by molar-refractivity contribution is -0.123. The third kappa shape index (κ3) is 4.34. The number of nitrogens with one attached hydrogen (secondary N) is 1. The van der Waals surface area contributed by atoms with Gasteiger partial charge >= 0.3 is 6.03 Å². The summed E-state index contributed by atoms with van der Waals surface area (Å²) >= 11 is 3.56. The second-order valence-corrected chi connectivity index (χ2v) is 9.68. The van der Waals surface area contributed by atoms with Gasteiger partial charge in [-0.15, -0.1) is 0 Å². The molecule has 2 saturated heterocycles. The van der Waals surface area contributed by atoms with Crippen molar-refractivity contribution in [3.8, 4) is 0 Å². The van der Waals surface area contributed by atoms with Gasteiger partial charge in [-0.05, 0) is 50.3 Å². The van der Waals surface area contributed by atoms with Crippen LogP contribution in [0.5, 0.6) is 0 Å². The summed E-state index contributed by atoms with van der Waals surface area (Å²) in [4.78, 5) is 17.1. The van der Waals surface area contributed by atoms with Gasteiger partial charge in [0.25, 0.3) is 0 Å². The quantitative estimate of drug-likeness (QED) is 0.701. The average molecular weight is 436 g/mol. The zero-order valence-electron chi connectivity index (χ0n) is 17.2. The van der Waals surface area contributed by atoms with Crippen molar-refractivity contribution in [3.05, 3.63) is 34.3 Å². The maximum Gasteiger partial charge on any atom is 0.317 e. The summed E-state index contributed by atoms with van der Waals surface area (Å²) < 4.78 is 1.13. The molecule has 1 spiro atoms. The molecular formula is C22H34BrN3O. The number of carbonyl (C=O) groups excluding carboxylic acids is 1. The Morgan fingerprint density at radius 3 is 2.41 bits per heavy atom. The highest BCUT2D eigenvalue weighted by Gasteiger charge is 2.54. The van der Waals surface area contributed by atoms with Crippen molar-refractivity contribution in [1.82, 2.24) is 15.1 Å². The van der Waals surface area contributed by atoms with Crippen LogP contribution in [0.25, 0.3) is 0 Å². The smallest absolute Gasteiger partial charge is 0.317 e. The Balaban J connectivity index is 1.65. The van der Waals surface area contributed by atoms with Crippen LogP contribution in [0, 0.1) is 11.3 Å². The average Bonchev–Trinajstić information content (AvgIpc) is 2.65. The van der Waals surface area contributed by atoms with Crippen molar-refractivity contribution in [3.63, 3.8) is 0 Å². The molecule has 0 radical (unpaired) electrons. The van der Waals surface area contributed by atoms with E-state index in [0.717, 1.165) is 49.9 Å². The van der Waals surface area contributed by atoms with E-state index in [-0.39, 0.29) is 6.03 Å². The lowest BCUT2D eigenvalue weighted by Gasteiger charge is -2.62. The molecule has 0 bridgehead atoms. The van der Waals surface area contributed by atoms with E-state index in [1.54, 1.807) is 0 Å². The largest absolute Gasteiger partial charge is 0.338 e. The normalized spacial score (nSPS) is 23.3. The third-order valence-corrected chi connectivity index (χ3v) is 7.13. The fourth-order valence-corrected chi connectivity index (χ4v) is 4.82. The Morgan fingerprint density at radius 1 is 1.22 bits per heavy atom. The standard InChI is InChI=1S/C22H34BrN3O/c1-5-17(4)14-24-21(27)25-12-10-22(11-13-25)15-26(16(2)3)20(22)18-6-8-19(23)9-7-18/h6-9,16-17,20H,5,10-15H2,1-4H3,(H,24,27)/t17-,20?/m0/s1. The van der Waals surface area contributed by atoms with E-state index in [2.05, 4.69) is 78.1 Å². The van der Waals surface area contributed by atoms with E-state index in [9.17, 15) is 4.79 Å². The molecule has 1 aromatic carbocycles. The predicted molar refractivity (Wildman–Crippen MR) is 115 cm³/mol. The van der Waals surface area contributed by atoms with Crippen LogP contribution in [0.15, 0.2) is 28.7 Å². The molecule has 2 atom stereocenters. The van der Waals surface area contributed by atoms with Crippen molar-refractivity contribution in [2.24, 2.45) is 11.3 Å². The van der Waals surface area contributed by atoms with Crippen LogP contribution >= 0.6 is 15.9 Å². The second kappa shape index (κ2) is 8.52. The van der Waals surface area contributed by atoms with E-state index in [1.807, 2.05) is 4.90 Å². The SMILES string of the molecule is CC[C@H](C)CNC(=O)N1CCC2(CC1)CN(C(C)C)C2c1ccc(Br)cc1. The van der Waals surface area contributed by atoms with Crippen LogP contribution in [-0.4, -0.2) is 48.1 Å². The van der Waals surface area contributed by atoms with Crippen LogP contribution in [0.1, 0.15) is 58.6 Å². The van der Waals surface area contributed by atoms with Gasteiger partial charge in [0, 0.05) is 48.2 Å². The molecule has 0 aromatic heterocycles. The number of halogens is 1.